The molecule has 11 heteroatoms. The van der Waals surface area contributed by atoms with Gasteiger partial charge in [-0.2, -0.15) is 0 Å². The van der Waals surface area contributed by atoms with Crippen LogP contribution < -0.4 is 0 Å². The van der Waals surface area contributed by atoms with E-state index in [1.54, 1.807) is 0 Å². The molecule has 26 aromatic rings. The first-order chi connectivity index (χ1) is 64.5. The fraction of sp³-hybridized carbons (Fsp3) is 0.0252. The van der Waals surface area contributed by atoms with Gasteiger partial charge < -0.3 is 13.7 Å². The number of allylic oxidation sites excluding steroid dienone is 3. The number of hydrogen-bond acceptors (Lipinski definition) is 8. The van der Waals surface area contributed by atoms with Crippen LogP contribution in [0.2, 0.25) is 0 Å². The molecule has 0 N–H and O–H groups in total. The predicted molar refractivity (Wildman–Crippen MR) is 540 cm³/mol. The van der Waals surface area contributed by atoms with Crippen LogP contribution in [0.3, 0.4) is 0 Å². The highest BCUT2D eigenvalue weighted by molar-refractivity contribution is 6.22. The Hall–Kier alpha value is -17.3. The molecule has 0 atom stereocenters. The molecule has 0 saturated heterocycles. The highest BCUT2D eigenvalue weighted by atomic mass is 15.0. The maximum Gasteiger partial charge on any atom is 0.0965 e. The van der Waals surface area contributed by atoms with Crippen molar-refractivity contribution in [3.8, 4) is 61.8 Å². The zero-order valence-electron chi connectivity index (χ0n) is 70.2. The second kappa shape index (κ2) is 29.2. The monoisotopic (exact) mass is 1660 g/mol. The van der Waals surface area contributed by atoms with Crippen molar-refractivity contribution in [3.05, 3.63) is 423 Å². The lowest BCUT2D eigenvalue weighted by Crippen LogP contribution is -2.00. The van der Waals surface area contributed by atoms with Crippen molar-refractivity contribution in [2.75, 3.05) is 0 Å². The number of para-hydroxylation sites is 3. The first-order valence-corrected chi connectivity index (χ1v) is 44.4. The van der Waals surface area contributed by atoms with Crippen LogP contribution in [0.15, 0.2) is 389 Å². The van der Waals surface area contributed by atoms with E-state index in [0.29, 0.717) is 0 Å². The van der Waals surface area contributed by atoms with Crippen LogP contribution in [0.4, 0.5) is 0 Å². The Morgan fingerprint density at radius 1 is 0.215 bits per heavy atom. The Labute approximate surface area is 744 Å². The van der Waals surface area contributed by atoms with Gasteiger partial charge in [-0.25, -0.2) is 0 Å². The topological polar surface area (TPSA) is 118 Å². The van der Waals surface area contributed by atoms with Gasteiger partial charge in [0.05, 0.1) is 107 Å². The Kier molecular flexibility index (Phi) is 16.4. The molecule has 0 bridgehead atoms. The largest absolute Gasteiger partial charge is 0.309 e. The highest BCUT2D eigenvalue weighted by Crippen LogP contribution is 2.48. The lowest BCUT2D eigenvalue weighted by molar-refractivity contribution is 1.14. The van der Waals surface area contributed by atoms with E-state index in [4.69, 9.17) is 24.9 Å². The first kappa shape index (κ1) is 73.1. The Balaban J connectivity index is 0.000000101. The maximum atomic E-state index is 5.16. The first-order valence-electron chi connectivity index (χ1n) is 44.4. The summed E-state index contributed by atoms with van der Waals surface area (Å²) in [6, 6.07) is 115. The van der Waals surface area contributed by atoms with E-state index in [9.17, 15) is 0 Å². The van der Waals surface area contributed by atoms with Crippen molar-refractivity contribution < 1.29 is 0 Å². The molecule has 11 aromatic heterocycles. The van der Waals surface area contributed by atoms with E-state index < -0.39 is 0 Å². The number of nitrogens with zero attached hydrogens (tertiary/aromatic N) is 11. The number of aromatic nitrogens is 11. The minimum atomic E-state index is 0.898. The molecule has 0 amide bonds. The Morgan fingerprint density at radius 2 is 0.631 bits per heavy atom. The van der Waals surface area contributed by atoms with Gasteiger partial charge in [0.1, 0.15) is 0 Å². The number of benzene rings is 15. The molecule has 11 nitrogen and oxygen atoms in total. The summed E-state index contributed by atoms with van der Waals surface area (Å²) in [6.45, 7) is 0. The van der Waals surface area contributed by atoms with Gasteiger partial charge in [0.2, 0.25) is 0 Å². The zero-order chi connectivity index (χ0) is 85.2. The van der Waals surface area contributed by atoms with E-state index in [-0.39, 0.29) is 0 Å². The van der Waals surface area contributed by atoms with E-state index in [1.807, 2.05) is 67.8 Å². The summed E-state index contributed by atoms with van der Waals surface area (Å²) < 4.78 is 7.26. The van der Waals surface area contributed by atoms with Gasteiger partial charge in [-0.1, -0.05) is 261 Å². The highest BCUT2D eigenvalue weighted by Gasteiger charge is 2.27. The van der Waals surface area contributed by atoms with Gasteiger partial charge in [0.25, 0.3) is 0 Å². The predicted octanol–water partition coefficient (Wildman–Crippen LogP) is 29.4. The smallest absolute Gasteiger partial charge is 0.0965 e. The summed E-state index contributed by atoms with van der Waals surface area (Å²) in [5.74, 6) is 0. The fourth-order valence-electron chi connectivity index (χ4n) is 21.5. The van der Waals surface area contributed by atoms with E-state index >= 15 is 0 Å². The third-order valence-electron chi connectivity index (χ3n) is 27.2. The molecule has 0 unspecified atom stereocenters. The van der Waals surface area contributed by atoms with Crippen LogP contribution in [0, 0.1) is 0 Å². The second-order valence-electron chi connectivity index (χ2n) is 34.3. The van der Waals surface area contributed by atoms with E-state index in [0.717, 1.165) is 140 Å². The van der Waals surface area contributed by atoms with Crippen LogP contribution >= 0.6 is 0 Å². The summed E-state index contributed by atoms with van der Waals surface area (Å²) >= 11 is 0. The third kappa shape index (κ3) is 11.4. The molecule has 3 aliphatic rings. The van der Waals surface area contributed by atoms with Crippen LogP contribution in [0.25, 0.3) is 254 Å². The second-order valence-corrected chi connectivity index (χ2v) is 34.3. The molecule has 0 radical (unpaired) electrons. The molecular formula is C119H73N11. The lowest BCUT2D eigenvalue weighted by atomic mass is 9.89. The van der Waals surface area contributed by atoms with Crippen molar-refractivity contribution in [2.45, 2.75) is 19.3 Å². The molecule has 15 aromatic carbocycles. The molecular weight excluding hydrogens is 1580 g/mol. The normalized spacial score (nSPS) is 12.7. The quantitative estimate of drug-likeness (QED) is 0.145. The van der Waals surface area contributed by atoms with Crippen LogP contribution in [0.1, 0.15) is 33.4 Å². The molecule has 0 aliphatic heterocycles. The average molecular weight is 1660 g/mol. The van der Waals surface area contributed by atoms with Crippen LogP contribution in [-0.4, -0.2) is 53.6 Å². The summed E-state index contributed by atoms with van der Waals surface area (Å²) in [5.41, 5.74) is 32.7. The van der Waals surface area contributed by atoms with Gasteiger partial charge in [-0.15, -0.1) is 0 Å². The molecule has 604 valence electrons. The fourth-order valence-corrected chi connectivity index (χ4v) is 21.5. The maximum absolute atomic E-state index is 5.16. The van der Waals surface area contributed by atoms with Gasteiger partial charge in [0.15, 0.2) is 0 Å². The van der Waals surface area contributed by atoms with E-state index in [2.05, 4.69) is 368 Å². The average Bonchev–Trinajstić information content (AvgIpc) is 1.56. The number of fused-ring (bicyclic) bond motifs is 22. The Bertz CT molecular complexity index is 9480. The molecule has 3 aliphatic carbocycles. The van der Waals surface area contributed by atoms with Gasteiger partial charge in [-0.05, 0) is 193 Å². The SMILES string of the molecule is C1=Cc2cccc3cc4c(c(c23)C1)c1ccccc1n4-c1ccc(-c2cnc3c(ccc4cccnc43)c2)cc1-c1ccccc1.C1=Cc2cccc3cc4c(c(c23)C1)c1ccccc1n4-c1ccc(-c2cnc3c(ccc4cccnc43)c2)nc1.C1=Cc2cccc3cc4c(c(c23)C1)c1ccccc1n4-c1cnc(-c2cnc3c(ccc4cccnc43)c2)c2ccccc12. The van der Waals surface area contributed by atoms with Crippen molar-refractivity contribution in [2.24, 2.45) is 0 Å². The van der Waals surface area contributed by atoms with Crippen molar-refractivity contribution >= 4 is 192 Å². The van der Waals surface area contributed by atoms with Crippen molar-refractivity contribution in [1.82, 2.24) is 53.6 Å². The van der Waals surface area contributed by atoms with Crippen molar-refractivity contribution in [3.63, 3.8) is 0 Å². The summed E-state index contributed by atoms with van der Waals surface area (Å²) in [6.07, 6.45) is 31.8. The van der Waals surface area contributed by atoms with Gasteiger partial charge in [0, 0.05) is 135 Å². The zero-order valence-corrected chi connectivity index (χ0v) is 70.2. The minimum absolute atomic E-state index is 0.898. The van der Waals surface area contributed by atoms with Gasteiger partial charge in [-0.3, -0.25) is 39.9 Å². The van der Waals surface area contributed by atoms with Crippen LogP contribution in [-0.2, 0) is 19.3 Å². The van der Waals surface area contributed by atoms with Gasteiger partial charge >= 0.3 is 0 Å². The van der Waals surface area contributed by atoms with E-state index in [1.165, 1.54) is 148 Å². The molecule has 0 fully saturated rings. The lowest BCUT2D eigenvalue weighted by Gasteiger charge is -2.18. The minimum Gasteiger partial charge on any atom is -0.309 e. The number of hydrogen-bond donors (Lipinski definition) is 0. The van der Waals surface area contributed by atoms with Crippen LogP contribution in [0.5, 0.6) is 0 Å². The number of pyridine rings is 8. The summed E-state index contributed by atoms with van der Waals surface area (Å²) in [4.78, 5) is 38.5. The summed E-state index contributed by atoms with van der Waals surface area (Å²) in [7, 11) is 0. The molecule has 0 spiro atoms. The number of rotatable bonds is 7. The molecule has 29 rings (SSSR count). The van der Waals surface area contributed by atoms with Crippen molar-refractivity contribution in [1.29, 1.82) is 0 Å². The third-order valence-corrected chi connectivity index (χ3v) is 27.2. The Morgan fingerprint density at radius 3 is 1.14 bits per heavy atom. The summed E-state index contributed by atoms with van der Waals surface area (Å²) in [5, 5.41) is 24.6. The molecule has 11 heterocycles. The standard InChI is InChI=1S/C43H27N3.C40H24N4.C36H22N4/c1-2-9-27(10-3-1)36-24-30(33-23-32-19-18-29-14-8-22-44-42(29)43(32)45-26-33)20-21-38(36)46-37-17-5-4-15-34(37)41-35-16-7-12-28-11-6-13-31(40(28)35)25-39(41)46;1-2-13-30-29(12-1)35(23-43-38(30)28-20-27-18-17-25-11-7-19-41-39(25)40(27)42-22-28)44-33-16-4-3-14-31(33)37-32-15-6-9-24-8-5-10-26(36(24)32)21-34(37)44;1-2-12-31-28(10-1)34-29-11-4-7-22-6-3-8-24(33(22)29)19-32(34)40(31)27-15-16-30(38-21-27)26-18-25-14-13-23-9-5-17-37-35(23)36(25)39-20-26/h1-15,17-26H,16H2;1-14,16-23H,15H2;1-10,12-21H,11H2. The molecule has 0 saturated carbocycles. The molecule has 130 heavy (non-hydrogen) atoms.